The number of amides is 1. The summed E-state index contributed by atoms with van der Waals surface area (Å²) in [6, 6.07) is 24.5. The summed E-state index contributed by atoms with van der Waals surface area (Å²) < 4.78 is 13.4. The molecule has 0 atom stereocenters. The minimum absolute atomic E-state index is 0.0383. The number of fused-ring (bicyclic) bond motifs is 3. The first-order valence-corrected chi connectivity index (χ1v) is 13.0. The van der Waals surface area contributed by atoms with Gasteiger partial charge in [-0.15, -0.1) is 0 Å². The molecule has 0 fully saturated rings. The van der Waals surface area contributed by atoms with Crippen molar-refractivity contribution >= 4 is 17.5 Å². The molecular formula is C31H31ClN2O3. The van der Waals surface area contributed by atoms with Crippen molar-refractivity contribution < 1.29 is 14.3 Å². The molecule has 190 valence electrons. The van der Waals surface area contributed by atoms with Crippen molar-refractivity contribution in [2.75, 3.05) is 20.8 Å². The zero-order valence-electron chi connectivity index (χ0n) is 21.2. The Morgan fingerprint density at radius 1 is 0.892 bits per heavy atom. The third-order valence-electron chi connectivity index (χ3n) is 6.92. The van der Waals surface area contributed by atoms with Gasteiger partial charge in [-0.25, -0.2) is 0 Å². The van der Waals surface area contributed by atoms with E-state index >= 15 is 0 Å². The van der Waals surface area contributed by atoms with Crippen LogP contribution in [0.1, 0.15) is 28.8 Å². The lowest BCUT2D eigenvalue weighted by Crippen LogP contribution is -2.26. The van der Waals surface area contributed by atoms with Crippen molar-refractivity contribution in [3.8, 4) is 28.4 Å². The summed E-state index contributed by atoms with van der Waals surface area (Å²) in [4.78, 5) is 12.8. The molecule has 1 aromatic heterocycles. The van der Waals surface area contributed by atoms with Crippen LogP contribution < -0.4 is 14.8 Å². The number of hydrogen-bond donors (Lipinski definition) is 1. The summed E-state index contributed by atoms with van der Waals surface area (Å²) >= 11 is 6.08. The highest BCUT2D eigenvalue weighted by Crippen LogP contribution is 2.39. The maximum absolute atomic E-state index is 12.8. The number of methoxy groups -OCH3 is 2. The quantitative estimate of drug-likeness (QED) is 0.289. The van der Waals surface area contributed by atoms with E-state index in [-0.39, 0.29) is 5.91 Å². The fraction of sp³-hybridized carbons (Fsp3) is 0.258. The zero-order chi connectivity index (χ0) is 25.8. The average Bonchev–Trinajstić information content (AvgIpc) is 3.30. The van der Waals surface area contributed by atoms with Crippen LogP contribution in [0.2, 0.25) is 5.02 Å². The monoisotopic (exact) mass is 514 g/mol. The largest absolute Gasteiger partial charge is 0.497 e. The van der Waals surface area contributed by atoms with Crippen LogP contribution in [0.3, 0.4) is 0 Å². The van der Waals surface area contributed by atoms with Crippen molar-refractivity contribution in [1.29, 1.82) is 0 Å². The molecule has 6 heteroatoms. The lowest BCUT2D eigenvalue weighted by Gasteiger charge is -2.21. The molecule has 0 unspecified atom stereocenters. The second-order valence-corrected chi connectivity index (χ2v) is 9.74. The number of nitrogens with zero attached hydrogens (tertiary/aromatic N) is 1. The smallest absolute Gasteiger partial charge is 0.220 e. The Hall–Kier alpha value is -3.70. The molecule has 1 N–H and O–H groups in total. The van der Waals surface area contributed by atoms with Gasteiger partial charge in [-0.3, -0.25) is 4.79 Å². The summed E-state index contributed by atoms with van der Waals surface area (Å²) in [5, 5.41) is 3.77. The number of nitrogens with one attached hydrogen (secondary N) is 1. The van der Waals surface area contributed by atoms with Crippen LogP contribution in [0.15, 0.2) is 72.8 Å². The van der Waals surface area contributed by atoms with Crippen molar-refractivity contribution in [2.24, 2.45) is 0 Å². The molecule has 5 rings (SSSR count). The van der Waals surface area contributed by atoms with Crippen LogP contribution in [0.5, 0.6) is 11.5 Å². The minimum Gasteiger partial charge on any atom is -0.497 e. The number of carbonyl (C=O) groups excluding carboxylic acids is 1. The first-order valence-electron chi connectivity index (χ1n) is 12.6. The Bertz CT molecular complexity index is 1400. The Labute approximate surface area is 223 Å². The van der Waals surface area contributed by atoms with E-state index in [9.17, 15) is 4.79 Å². The lowest BCUT2D eigenvalue weighted by atomic mass is 9.90. The highest BCUT2D eigenvalue weighted by Gasteiger charge is 2.24. The van der Waals surface area contributed by atoms with Crippen LogP contribution in [-0.4, -0.2) is 31.2 Å². The van der Waals surface area contributed by atoms with E-state index in [4.69, 9.17) is 21.1 Å². The molecule has 0 aliphatic heterocycles. The van der Waals surface area contributed by atoms with Crippen LogP contribution >= 0.6 is 11.6 Å². The summed E-state index contributed by atoms with van der Waals surface area (Å²) in [6.07, 6.45) is 3.76. The SMILES string of the molecule is COc1cc(OC)cc(-n2c(CCC(=O)NCCc3cccc(Cl)c3)cc3c2-c2ccccc2CC3)c1. The number of rotatable bonds is 9. The lowest BCUT2D eigenvalue weighted by molar-refractivity contribution is -0.121. The fourth-order valence-corrected chi connectivity index (χ4v) is 5.33. The van der Waals surface area contributed by atoms with Gasteiger partial charge in [-0.05, 0) is 60.6 Å². The average molecular weight is 515 g/mol. The third kappa shape index (κ3) is 5.52. The molecule has 0 spiro atoms. The predicted molar refractivity (Wildman–Crippen MR) is 148 cm³/mol. The van der Waals surface area contributed by atoms with Crippen LogP contribution in [0, 0.1) is 0 Å². The standard InChI is InChI=1S/C31H31ClN2O3/c1-36-27-18-26(19-28(20-27)37-2)34-25(17-23-11-10-22-7-3-4-9-29(22)31(23)34)12-13-30(35)33-15-14-21-6-5-8-24(32)16-21/h3-9,16-20H,10-15H2,1-2H3,(H,33,35). The van der Waals surface area contributed by atoms with Crippen molar-refractivity contribution in [3.63, 3.8) is 0 Å². The Morgan fingerprint density at radius 2 is 1.65 bits per heavy atom. The molecule has 1 heterocycles. The summed E-state index contributed by atoms with van der Waals surface area (Å²) in [5.41, 5.74) is 8.25. The number of ether oxygens (including phenoxy) is 2. The second kappa shape index (κ2) is 11.1. The van der Waals surface area contributed by atoms with E-state index in [1.165, 1.54) is 22.4 Å². The minimum atomic E-state index is 0.0383. The van der Waals surface area contributed by atoms with Gasteiger partial charge >= 0.3 is 0 Å². The number of hydrogen-bond acceptors (Lipinski definition) is 3. The van der Waals surface area contributed by atoms with E-state index in [2.05, 4.69) is 40.2 Å². The van der Waals surface area contributed by atoms with Gasteiger partial charge in [0.05, 0.1) is 25.6 Å². The number of aromatic nitrogens is 1. The molecule has 0 saturated carbocycles. The molecule has 0 bridgehead atoms. The van der Waals surface area contributed by atoms with E-state index in [0.717, 1.165) is 47.7 Å². The van der Waals surface area contributed by atoms with E-state index in [1.54, 1.807) is 14.2 Å². The van der Waals surface area contributed by atoms with Gasteiger partial charge in [0.15, 0.2) is 0 Å². The normalized spacial score (nSPS) is 12.0. The van der Waals surface area contributed by atoms with Gasteiger partial charge < -0.3 is 19.4 Å². The fourth-order valence-electron chi connectivity index (χ4n) is 5.11. The van der Waals surface area contributed by atoms with Crippen LogP contribution in [0.25, 0.3) is 16.9 Å². The Kier molecular flexibility index (Phi) is 7.52. The van der Waals surface area contributed by atoms with Gasteiger partial charge in [-0.2, -0.15) is 0 Å². The highest BCUT2D eigenvalue weighted by atomic mass is 35.5. The number of aryl methyl sites for hydroxylation is 3. The molecular weight excluding hydrogens is 484 g/mol. The first kappa shape index (κ1) is 25.0. The van der Waals surface area contributed by atoms with Crippen LogP contribution in [-0.2, 0) is 30.5 Å². The zero-order valence-corrected chi connectivity index (χ0v) is 22.0. The molecule has 1 aliphatic carbocycles. The van der Waals surface area contributed by atoms with E-state index in [0.29, 0.717) is 24.4 Å². The van der Waals surface area contributed by atoms with Gasteiger partial charge in [0.2, 0.25) is 5.91 Å². The second-order valence-electron chi connectivity index (χ2n) is 9.30. The van der Waals surface area contributed by atoms with Gasteiger partial charge in [0.25, 0.3) is 0 Å². The van der Waals surface area contributed by atoms with E-state index in [1.807, 2.05) is 42.5 Å². The molecule has 5 nitrogen and oxygen atoms in total. The molecule has 37 heavy (non-hydrogen) atoms. The van der Waals surface area contributed by atoms with Gasteiger partial charge in [-0.1, -0.05) is 48.0 Å². The molecule has 0 saturated heterocycles. The molecule has 1 amide bonds. The summed E-state index contributed by atoms with van der Waals surface area (Å²) in [6.45, 7) is 0.581. The Balaban J connectivity index is 1.41. The maximum atomic E-state index is 12.8. The highest BCUT2D eigenvalue weighted by molar-refractivity contribution is 6.30. The van der Waals surface area contributed by atoms with Gasteiger partial charge in [0.1, 0.15) is 11.5 Å². The van der Waals surface area contributed by atoms with Crippen molar-refractivity contribution in [3.05, 3.63) is 100 Å². The molecule has 1 aliphatic rings. The molecule has 4 aromatic rings. The summed E-state index contributed by atoms with van der Waals surface area (Å²) in [7, 11) is 3.32. The molecule has 3 aromatic carbocycles. The first-order chi connectivity index (χ1) is 18.1. The summed E-state index contributed by atoms with van der Waals surface area (Å²) in [5.74, 6) is 1.49. The topological polar surface area (TPSA) is 52.5 Å². The Morgan fingerprint density at radius 3 is 2.41 bits per heavy atom. The number of benzene rings is 3. The maximum Gasteiger partial charge on any atom is 0.220 e. The van der Waals surface area contributed by atoms with Gasteiger partial charge in [0, 0.05) is 47.4 Å². The van der Waals surface area contributed by atoms with Crippen molar-refractivity contribution in [1.82, 2.24) is 9.88 Å². The predicted octanol–water partition coefficient (Wildman–Crippen LogP) is 6.21. The van der Waals surface area contributed by atoms with E-state index < -0.39 is 0 Å². The third-order valence-corrected chi connectivity index (χ3v) is 7.15. The number of halogens is 1. The van der Waals surface area contributed by atoms with Crippen LogP contribution in [0.4, 0.5) is 0 Å². The molecule has 0 radical (unpaired) electrons. The van der Waals surface area contributed by atoms with Crippen molar-refractivity contribution in [2.45, 2.75) is 32.1 Å². The number of carbonyl (C=O) groups is 1.